The lowest BCUT2D eigenvalue weighted by atomic mass is 10.1. The number of nitrogens with one attached hydrogen (secondary N) is 1. The van der Waals surface area contributed by atoms with E-state index in [2.05, 4.69) is 5.32 Å². The monoisotopic (exact) mass is 702 g/mol. The highest BCUT2D eigenvalue weighted by Gasteiger charge is 2.35. The van der Waals surface area contributed by atoms with Gasteiger partial charge in [-0.25, -0.2) is 18.8 Å². The predicted octanol–water partition coefficient (Wildman–Crippen LogP) is 5.59. The third-order valence-electron chi connectivity index (χ3n) is 8.22. The quantitative estimate of drug-likeness (QED) is 0.212. The molecule has 15 heteroatoms. The highest BCUT2D eigenvalue weighted by Crippen LogP contribution is 2.44. The van der Waals surface area contributed by atoms with Crippen LogP contribution >= 0.6 is 23.6 Å². The number of piperazine rings is 1. The molecule has 1 aromatic carbocycles. The van der Waals surface area contributed by atoms with Gasteiger partial charge in [-0.2, -0.15) is 0 Å². The predicted molar refractivity (Wildman–Crippen MR) is 185 cm³/mol. The average molecular weight is 703 g/mol. The summed E-state index contributed by atoms with van der Waals surface area (Å²) in [5.74, 6) is -3.06. The number of aromatic carboxylic acids is 1. The lowest BCUT2D eigenvalue weighted by Crippen LogP contribution is -2.55. The lowest BCUT2D eigenvalue weighted by Gasteiger charge is -2.42. The van der Waals surface area contributed by atoms with E-state index < -0.39 is 34.7 Å². The average Bonchev–Trinajstić information content (AvgIpc) is 3.78. The number of halogens is 1. The largest absolute Gasteiger partial charge is 0.492 e. The Morgan fingerprint density at radius 3 is 2.31 bits per heavy atom. The molecule has 2 fully saturated rings. The van der Waals surface area contributed by atoms with Crippen molar-refractivity contribution in [3.05, 3.63) is 49.9 Å². The number of benzene rings is 1. The number of esters is 2. The van der Waals surface area contributed by atoms with Gasteiger partial charge in [0.05, 0.1) is 35.8 Å². The van der Waals surface area contributed by atoms with Gasteiger partial charge in [0.2, 0.25) is 5.43 Å². The van der Waals surface area contributed by atoms with Crippen molar-refractivity contribution in [2.45, 2.75) is 78.7 Å². The van der Waals surface area contributed by atoms with Gasteiger partial charge in [0.1, 0.15) is 21.1 Å². The summed E-state index contributed by atoms with van der Waals surface area (Å²) in [5.41, 5.74) is -0.0223. The number of carboxylic acid groups (broad SMARTS) is 1. The van der Waals surface area contributed by atoms with E-state index >= 15 is 4.39 Å². The number of thiocarbonyl (C=S) groups is 1. The number of thiophene rings is 1. The van der Waals surface area contributed by atoms with Crippen LogP contribution < -0.4 is 20.4 Å². The number of aromatic nitrogens is 1. The first-order valence-corrected chi connectivity index (χ1v) is 16.9. The standard InChI is InChI=1S/C33H39FN4O8S2/c1-15(2)45-31(42)23-18(6)28(32(43)46-16(3)4)48-29(23)35-33(47)37-11-10-36(13-17(37)5)25-22(34)12-20-24(27(25)44-7)38(19-8-9-19)14-21(26(20)39)30(40)41/h12,14-17,19H,8-11,13H2,1-7H3,(H,35,47)(H,40,41)/t17-/m0/s1. The number of carbonyl (C=O) groups is 3. The number of nitrogens with zero attached hydrogens (tertiary/aromatic N) is 3. The van der Waals surface area contributed by atoms with Gasteiger partial charge in [0.25, 0.3) is 0 Å². The second-order valence-electron chi connectivity index (χ2n) is 12.5. The van der Waals surface area contributed by atoms with Gasteiger partial charge in [-0.15, -0.1) is 11.3 Å². The van der Waals surface area contributed by atoms with Crippen LogP contribution in [0.3, 0.4) is 0 Å². The van der Waals surface area contributed by atoms with E-state index in [9.17, 15) is 24.3 Å². The van der Waals surface area contributed by atoms with Crippen molar-refractivity contribution in [3.8, 4) is 5.75 Å². The Kier molecular flexibility index (Phi) is 10.0. The molecule has 1 atom stereocenters. The summed E-state index contributed by atoms with van der Waals surface area (Å²) in [5, 5.41) is 13.4. The Morgan fingerprint density at radius 2 is 1.75 bits per heavy atom. The van der Waals surface area contributed by atoms with Gasteiger partial charge in [0.15, 0.2) is 16.7 Å². The minimum absolute atomic E-state index is 0.0195. The van der Waals surface area contributed by atoms with Crippen molar-refractivity contribution in [2.24, 2.45) is 0 Å². The fraction of sp³-hybridized carbons (Fsp3) is 0.485. The normalized spacial score (nSPS) is 16.4. The maximum absolute atomic E-state index is 15.9. The van der Waals surface area contributed by atoms with E-state index in [0.717, 1.165) is 30.2 Å². The zero-order valence-electron chi connectivity index (χ0n) is 27.8. The molecule has 2 N–H and O–H groups in total. The molecule has 258 valence electrons. The second-order valence-corrected chi connectivity index (χ2v) is 13.9. The number of anilines is 2. The van der Waals surface area contributed by atoms with Crippen LogP contribution in [-0.4, -0.2) is 82.6 Å². The summed E-state index contributed by atoms with van der Waals surface area (Å²) in [4.78, 5) is 54.9. The Balaban J connectivity index is 1.44. The number of rotatable bonds is 9. The number of hydrogen-bond acceptors (Lipinski definition) is 10. The Labute approximate surface area is 286 Å². The molecule has 12 nitrogen and oxygen atoms in total. The lowest BCUT2D eigenvalue weighted by molar-refractivity contribution is 0.0378. The van der Waals surface area contributed by atoms with E-state index in [1.165, 1.54) is 13.3 Å². The highest BCUT2D eigenvalue weighted by molar-refractivity contribution is 7.80. The highest BCUT2D eigenvalue weighted by atomic mass is 32.1. The Bertz CT molecular complexity index is 1870. The molecule has 3 aromatic rings. The molecular weight excluding hydrogens is 664 g/mol. The summed E-state index contributed by atoms with van der Waals surface area (Å²) >= 11 is 6.86. The molecule has 0 unspecified atom stereocenters. The zero-order valence-corrected chi connectivity index (χ0v) is 29.5. The third kappa shape index (κ3) is 6.70. The molecule has 2 aliphatic rings. The first kappa shape index (κ1) is 35.1. The van der Waals surface area contributed by atoms with Crippen LogP contribution in [0.4, 0.5) is 15.1 Å². The van der Waals surface area contributed by atoms with Crippen molar-refractivity contribution in [1.29, 1.82) is 0 Å². The Hall–Kier alpha value is -4.24. The number of ether oxygens (including phenoxy) is 3. The molecule has 1 aliphatic heterocycles. The van der Waals surface area contributed by atoms with Crippen LogP contribution in [0.15, 0.2) is 17.1 Å². The van der Waals surface area contributed by atoms with Crippen molar-refractivity contribution in [1.82, 2.24) is 9.47 Å². The van der Waals surface area contributed by atoms with Crippen LogP contribution in [0.1, 0.15) is 89.5 Å². The molecule has 0 spiro atoms. The molecule has 1 aliphatic carbocycles. The molecule has 2 aromatic heterocycles. The van der Waals surface area contributed by atoms with Gasteiger partial charge in [-0.3, -0.25) is 4.79 Å². The van der Waals surface area contributed by atoms with Crippen LogP contribution in [0.25, 0.3) is 10.9 Å². The number of carbonyl (C=O) groups excluding carboxylic acids is 2. The molecule has 0 bridgehead atoms. The van der Waals surface area contributed by atoms with E-state index in [-0.39, 0.29) is 51.6 Å². The van der Waals surface area contributed by atoms with Gasteiger partial charge in [-0.05, 0) is 78.2 Å². The number of carboxylic acids is 1. The van der Waals surface area contributed by atoms with Crippen molar-refractivity contribution in [3.63, 3.8) is 0 Å². The fourth-order valence-electron chi connectivity index (χ4n) is 5.94. The molecule has 0 amide bonds. The topological polar surface area (TPSA) is 140 Å². The van der Waals surface area contributed by atoms with Crippen LogP contribution in [0.2, 0.25) is 0 Å². The molecule has 3 heterocycles. The molecule has 1 saturated heterocycles. The van der Waals surface area contributed by atoms with Crippen molar-refractivity contribution in [2.75, 3.05) is 37.0 Å². The van der Waals surface area contributed by atoms with Crippen LogP contribution in [-0.2, 0) is 9.47 Å². The maximum atomic E-state index is 15.9. The summed E-state index contributed by atoms with van der Waals surface area (Å²) in [7, 11) is 1.40. The maximum Gasteiger partial charge on any atom is 0.348 e. The van der Waals surface area contributed by atoms with Gasteiger partial charge >= 0.3 is 17.9 Å². The van der Waals surface area contributed by atoms with Crippen molar-refractivity contribution >= 4 is 68.2 Å². The number of methoxy groups -OCH3 is 1. The molecule has 1 saturated carbocycles. The van der Waals surface area contributed by atoms with Gasteiger partial charge < -0.3 is 39.0 Å². The van der Waals surface area contributed by atoms with E-state index in [4.69, 9.17) is 26.4 Å². The van der Waals surface area contributed by atoms with E-state index in [1.807, 2.05) is 16.7 Å². The van der Waals surface area contributed by atoms with Crippen molar-refractivity contribution < 1.29 is 38.1 Å². The molecule has 5 rings (SSSR count). The fourth-order valence-corrected chi connectivity index (χ4v) is 7.45. The van der Waals surface area contributed by atoms with Crippen LogP contribution in [0, 0.1) is 12.7 Å². The smallest absolute Gasteiger partial charge is 0.348 e. The van der Waals surface area contributed by atoms with E-state index in [0.29, 0.717) is 40.8 Å². The summed E-state index contributed by atoms with van der Waals surface area (Å²) < 4.78 is 34.3. The molecule has 0 radical (unpaired) electrons. The minimum atomic E-state index is -1.37. The second kappa shape index (κ2) is 13.7. The first-order valence-electron chi connectivity index (χ1n) is 15.7. The zero-order chi connectivity index (χ0) is 35.2. The van der Waals surface area contributed by atoms with Gasteiger partial charge in [-0.1, -0.05) is 0 Å². The third-order valence-corrected chi connectivity index (χ3v) is 9.74. The first-order chi connectivity index (χ1) is 22.6. The van der Waals surface area contributed by atoms with Gasteiger partial charge in [0, 0.05) is 37.9 Å². The molecule has 48 heavy (non-hydrogen) atoms. The molecular formula is C33H39FN4O8S2. The van der Waals surface area contributed by atoms with E-state index in [1.54, 1.807) is 39.2 Å². The number of fused-ring (bicyclic) bond motifs is 1. The minimum Gasteiger partial charge on any atom is -0.492 e. The summed E-state index contributed by atoms with van der Waals surface area (Å²) in [6.45, 7) is 11.5. The number of hydrogen-bond donors (Lipinski definition) is 2. The van der Waals surface area contributed by atoms with Crippen LogP contribution in [0.5, 0.6) is 5.75 Å². The summed E-state index contributed by atoms with van der Waals surface area (Å²) in [6, 6.07) is 0.827. The number of pyridine rings is 1. The summed E-state index contributed by atoms with van der Waals surface area (Å²) in [6.07, 6.45) is 2.18. The Morgan fingerprint density at radius 1 is 1.10 bits per heavy atom. The SMILES string of the molecule is COc1c(N2CCN(C(=S)Nc3sc(C(=O)OC(C)C)c(C)c3C(=O)OC(C)C)[C@@H](C)C2)c(F)cc2c(=O)c(C(=O)O)cn(C3CC3)c12.